The maximum absolute atomic E-state index is 13.1. The first-order valence-corrected chi connectivity index (χ1v) is 8.35. The third-order valence-electron chi connectivity index (χ3n) is 4.13. The van der Waals surface area contributed by atoms with Crippen molar-refractivity contribution in [3.8, 4) is 0 Å². The minimum atomic E-state index is -0.496. The molecule has 0 bridgehead atoms. The number of hydrogen-bond donors (Lipinski definition) is 2. The quantitative estimate of drug-likeness (QED) is 0.852. The predicted octanol–water partition coefficient (Wildman–Crippen LogP) is 1.19. The van der Waals surface area contributed by atoms with E-state index in [0.717, 1.165) is 43.5 Å². The molecule has 2 aromatic rings. The largest absolute Gasteiger partial charge is 0.347 e. The first-order valence-electron chi connectivity index (χ1n) is 8.35. The molecular formula is C17H20FN5O2. The molecule has 2 N–H and O–H groups in total. The molecule has 0 saturated heterocycles. The Morgan fingerprint density at radius 1 is 1.16 bits per heavy atom. The second kappa shape index (κ2) is 7.87. The number of fused-ring (bicyclic) bond motifs is 1. The number of aryl methyl sites for hydroxylation is 1. The average molecular weight is 345 g/mol. The van der Waals surface area contributed by atoms with Crippen molar-refractivity contribution in [2.24, 2.45) is 0 Å². The highest BCUT2D eigenvalue weighted by Crippen LogP contribution is 2.14. The Labute approximate surface area is 144 Å². The lowest BCUT2D eigenvalue weighted by atomic mass is 10.2. The fourth-order valence-corrected chi connectivity index (χ4v) is 2.81. The van der Waals surface area contributed by atoms with Gasteiger partial charge in [-0.25, -0.2) is 4.39 Å². The van der Waals surface area contributed by atoms with Crippen LogP contribution in [0.3, 0.4) is 0 Å². The molecule has 25 heavy (non-hydrogen) atoms. The van der Waals surface area contributed by atoms with Gasteiger partial charge in [0.25, 0.3) is 5.91 Å². The Kier molecular flexibility index (Phi) is 5.37. The summed E-state index contributed by atoms with van der Waals surface area (Å²) in [5, 5.41) is 13.5. The molecule has 1 aromatic carbocycles. The van der Waals surface area contributed by atoms with Gasteiger partial charge in [0.05, 0.1) is 13.1 Å². The summed E-state index contributed by atoms with van der Waals surface area (Å²) in [5.41, 5.74) is 0.176. The van der Waals surface area contributed by atoms with Crippen LogP contribution in [0.25, 0.3) is 0 Å². The first kappa shape index (κ1) is 17.1. The number of nitrogens with one attached hydrogen (secondary N) is 2. The number of aromatic nitrogens is 3. The fraction of sp³-hybridized carbons (Fsp3) is 0.412. The Hall–Kier alpha value is -2.77. The van der Waals surface area contributed by atoms with E-state index in [1.165, 1.54) is 24.6 Å². The van der Waals surface area contributed by atoms with Crippen LogP contribution in [0.5, 0.6) is 0 Å². The standard InChI is InChI=1S/C17H20FN5O2/c18-13-6-4-5-12(9-13)17(25)20-11-16(24)19-10-15-22-21-14-7-2-1-3-8-23(14)15/h4-6,9H,1-3,7-8,10-11H2,(H,19,24)(H,20,25). The Morgan fingerprint density at radius 3 is 2.88 bits per heavy atom. The highest BCUT2D eigenvalue weighted by atomic mass is 19.1. The van der Waals surface area contributed by atoms with Crippen molar-refractivity contribution in [1.29, 1.82) is 0 Å². The molecule has 0 spiro atoms. The van der Waals surface area contributed by atoms with Crippen LogP contribution in [0.15, 0.2) is 24.3 Å². The van der Waals surface area contributed by atoms with Crippen molar-refractivity contribution in [1.82, 2.24) is 25.4 Å². The summed E-state index contributed by atoms with van der Waals surface area (Å²) in [6, 6.07) is 5.31. The van der Waals surface area contributed by atoms with Crippen LogP contribution in [0.1, 0.15) is 41.3 Å². The van der Waals surface area contributed by atoms with Crippen LogP contribution in [0.4, 0.5) is 4.39 Å². The summed E-state index contributed by atoms with van der Waals surface area (Å²) < 4.78 is 15.2. The van der Waals surface area contributed by atoms with Crippen molar-refractivity contribution in [3.05, 3.63) is 47.3 Å². The number of amides is 2. The highest BCUT2D eigenvalue weighted by Gasteiger charge is 2.15. The van der Waals surface area contributed by atoms with Gasteiger partial charge < -0.3 is 15.2 Å². The Balaban J connectivity index is 1.49. The molecule has 1 aliphatic rings. The Morgan fingerprint density at radius 2 is 2.04 bits per heavy atom. The maximum Gasteiger partial charge on any atom is 0.251 e. The van der Waals surface area contributed by atoms with Crippen molar-refractivity contribution in [2.75, 3.05) is 6.54 Å². The van der Waals surface area contributed by atoms with Crippen molar-refractivity contribution in [3.63, 3.8) is 0 Å². The number of benzene rings is 1. The number of carbonyl (C=O) groups excluding carboxylic acids is 2. The molecule has 0 saturated carbocycles. The van der Waals surface area contributed by atoms with E-state index in [1.54, 1.807) is 0 Å². The van der Waals surface area contributed by atoms with Crippen molar-refractivity contribution < 1.29 is 14.0 Å². The minimum absolute atomic E-state index is 0.176. The summed E-state index contributed by atoms with van der Waals surface area (Å²) in [5.74, 6) is 0.356. The number of hydrogen-bond acceptors (Lipinski definition) is 4. The zero-order valence-corrected chi connectivity index (χ0v) is 13.8. The lowest BCUT2D eigenvalue weighted by Crippen LogP contribution is -2.37. The summed E-state index contributed by atoms with van der Waals surface area (Å²) in [4.78, 5) is 23.8. The molecule has 3 rings (SSSR count). The number of nitrogens with zero attached hydrogens (tertiary/aromatic N) is 3. The maximum atomic E-state index is 13.1. The second-order valence-corrected chi connectivity index (χ2v) is 5.96. The third-order valence-corrected chi connectivity index (χ3v) is 4.13. The van der Waals surface area contributed by atoms with Gasteiger partial charge in [0.1, 0.15) is 11.6 Å². The molecule has 1 aromatic heterocycles. The van der Waals surface area contributed by atoms with E-state index in [4.69, 9.17) is 0 Å². The molecule has 0 fully saturated rings. The van der Waals surface area contributed by atoms with Gasteiger partial charge in [-0.1, -0.05) is 12.5 Å². The lowest BCUT2D eigenvalue weighted by Gasteiger charge is -2.09. The molecule has 2 heterocycles. The molecule has 0 radical (unpaired) electrons. The van der Waals surface area contributed by atoms with Gasteiger partial charge in [-0.15, -0.1) is 10.2 Å². The number of halogens is 1. The van der Waals surface area contributed by atoms with E-state index in [1.807, 2.05) is 0 Å². The molecule has 0 atom stereocenters. The summed E-state index contributed by atoms with van der Waals surface area (Å²) in [7, 11) is 0. The van der Waals surface area contributed by atoms with Gasteiger partial charge in [0.2, 0.25) is 5.91 Å². The molecule has 1 aliphatic heterocycles. The first-order chi connectivity index (χ1) is 12.1. The minimum Gasteiger partial charge on any atom is -0.347 e. The molecular weight excluding hydrogens is 325 g/mol. The van der Waals surface area contributed by atoms with Crippen molar-refractivity contribution in [2.45, 2.75) is 38.8 Å². The van der Waals surface area contributed by atoms with E-state index in [-0.39, 0.29) is 24.6 Å². The smallest absolute Gasteiger partial charge is 0.251 e. The van der Waals surface area contributed by atoms with Crippen molar-refractivity contribution >= 4 is 11.8 Å². The van der Waals surface area contributed by atoms with Crippen LogP contribution in [0.2, 0.25) is 0 Å². The van der Waals surface area contributed by atoms with Gasteiger partial charge in [-0.2, -0.15) is 0 Å². The molecule has 8 heteroatoms. The number of rotatable bonds is 5. The van der Waals surface area contributed by atoms with E-state index in [9.17, 15) is 14.0 Å². The Bertz CT molecular complexity index is 774. The van der Waals surface area contributed by atoms with Gasteiger partial charge in [0, 0.05) is 18.5 Å². The van der Waals surface area contributed by atoms with E-state index in [2.05, 4.69) is 25.4 Å². The highest BCUT2D eigenvalue weighted by molar-refractivity contribution is 5.96. The van der Waals surface area contributed by atoms with Gasteiger partial charge in [-0.05, 0) is 31.0 Å². The van der Waals surface area contributed by atoms with Crippen LogP contribution < -0.4 is 10.6 Å². The van der Waals surface area contributed by atoms with E-state index < -0.39 is 11.7 Å². The number of carbonyl (C=O) groups is 2. The fourth-order valence-electron chi connectivity index (χ4n) is 2.81. The van der Waals surface area contributed by atoms with Gasteiger partial charge in [0.15, 0.2) is 5.82 Å². The van der Waals surface area contributed by atoms with Gasteiger partial charge >= 0.3 is 0 Å². The molecule has 0 aliphatic carbocycles. The molecule has 0 unspecified atom stereocenters. The topological polar surface area (TPSA) is 88.9 Å². The van der Waals surface area contributed by atoms with E-state index >= 15 is 0 Å². The second-order valence-electron chi connectivity index (χ2n) is 5.96. The van der Waals surface area contributed by atoms with Crippen LogP contribution >= 0.6 is 0 Å². The van der Waals surface area contributed by atoms with Crippen LogP contribution in [0, 0.1) is 5.82 Å². The van der Waals surface area contributed by atoms with Crippen LogP contribution in [-0.4, -0.2) is 33.1 Å². The van der Waals surface area contributed by atoms with E-state index in [0.29, 0.717) is 0 Å². The normalized spacial score (nSPS) is 13.6. The summed E-state index contributed by atoms with van der Waals surface area (Å²) in [6.07, 6.45) is 4.26. The summed E-state index contributed by atoms with van der Waals surface area (Å²) >= 11 is 0. The summed E-state index contributed by atoms with van der Waals surface area (Å²) in [6.45, 7) is 0.946. The zero-order valence-electron chi connectivity index (χ0n) is 13.8. The monoisotopic (exact) mass is 345 g/mol. The average Bonchev–Trinajstić information content (AvgIpc) is 2.84. The third kappa shape index (κ3) is 4.40. The van der Waals surface area contributed by atoms with Gasteiger partial charge in [-0.3, -0.25) is 9.59 Å². The molecule has 2 amide bonds. The molecule has 132 valence electrons. The molecule has 7 nitrogen and oxygen atoms in total. The van der Waals surface area contributed by atoms with Crippen LogP contribution in [-0.2, 0) is 24.3 Å². The SMILES string of the molecule is O=C(CNC(=O)c1cccc(F)c1)NCc1nnc2n1CCCCC2. The zero-order chi connectivity index (χ0) is 17.6. The lowest BCUT2D eigenvalue weighted by molar-refractivity contribution is -0.120. The predicted molar refractivity (Wildman–Crippen MR) is 88.2 cm³/mol.